The highest BCUT2D eigenvalue weighted by Gasteiger charge is 2.12. The van der Waals surface area contributed by atoms with Crippen molar-refractivity contribution in [2.24, 2.45) is 0 Å². The summed E-state index contributed by atoms with van der Waals surface area (Å²) in [6, 6.07) is 16.8. The highest BCUT2D eigenvalue weighted by atomic mass is 79.9. The molecule has 2 aromatic heterocycles. The Labute approximate surface area is 183 Å². The fraction of sp³-hybridized carbons (Fsp3) is 0.217. The van der Waals surface area contributed by atoms with Crippen LogP contribution in [0.25, 0.3) is 21.2 Å². The van der Waals surface area contributed by atoms with E-state index in [0.29, 0.717) is 6.61 Å². The summed E-state index contributed by atoms with van der Waals surface area (Å²) >= 11 is 5.34. The molecule has 0 fully saturated rings. The molecular formula is C23H22BrN3OS. The number of thiophene rings is 1. The molecule has 4 rings (SSSR count). The van der Waals surface area contributed by atoms with Crippen LogP contribution in [0.5, 0.6) is 5.75 Å². The molecule has 0 bridgehead atoms. The molecule has 1 N–H and O–H groups in total. The minimum Gasteiger partial charge on any atom is -0.494 e. The normalized spacial score (nSPS) is 11.0. The van der Waals surface area contributed by atoms with Crippen molar-refractivity contribution in [3.8, 4) is 16.9 Å². The van der Waals surface area contributed by atoms with Crippen molar-refractivity contribution in [3.05, 3.63) is 70.4 Å². The Morgan fingerprint density at radius 3 is 2.72 bits per heavy atom. The Morgan fingerprint density at radius 2 is 1.93 bits per heavy atom. The van der Waals surface area contributed by atoms with Crippen LogP contribution in [0.3, 0.4) is 0 Å². The van der Waals surface area contributed by atoms with Gasteiger partial charge in [0.1, 0.15) is 17.9 Å². The Balaban J connectivity index is 1.34. The maximum Gasteiger partial charge on any atom is 0.129 e. The molecule has 29 heavy (non-hydrogen) atoms. The van der Waals surface area contributed by atoms with Crippen LogP contribution in [0.4, 0.5) is 5.82 Å². The zero-order valence-corrected chi connectivity index (χ0v) is 18.6. The molecule has 2 aromatic carbocycles. The van der Waals surface area contributed by atoms with E-state index in [9.17, 15) is 0 Å². The lowest BCUT2D eigenvalue weighted by Gasteiger charge is -2.08. The van der Waals surface area contributed by atoms with Gasteiger partial charge in [0.2, 0.25) is 0 Å². The number of ether oxygens (including phenoxy) is 1. The van der Waals surface area contributed by atoms with Crippen molar-refractivity contribution in [1.82, 2.24) is 9.97 Å². The number of unbranched alkanes of at least 4 members (excludes halogenated alkanes) is 1. The second-order valence-electron chi connectivity index (χ2n) is 6.78. The molecule has 0 spiro atoms. The van der Waals surface area contributed by atoms with E-state index in [2.05, 4.69) is 80.6 Å². The van der Waals surface area contributed by atoms with Crippen LogP contribution in [0.15, 0.2) is 65.5 Å². The molecule has 0 amide bonds. The lowest BCUT2D eigenvalue weighted by atomic mass is 10.0. The van der Waals surface area contributed by atoms with Crippen molar-refractivity contribution in [3.63, 3.8) is 0 Å². The van der Waals surface area contributed by atoms with Gasteiger partial charge < -0.3 is 10.1 Å². The molecule has 0 unspecified atom stereocenters. The van der Waals surface area contributed by atoms with Crippen LogP contribution in [0.2, 0.25) is 0 Å². The van der Waals surface area contributed by atoms with Crippen molar-refractivity contribution < 1.29 is 4.74 Å². The minimum atomic E-state index is 0.709. The van der Waals surface area contributed by atoms with Crippen LogP contribution in [-0.2, 0) is 0 Å². The van der Waals surface area contributed by atoms with Crippen LogP contribution >= 0.6 is 27.3 Å². The molecule has 6 heteroatoms. The number of aromatic nitrogens is 2. The van der Waals surface area contributed by atoms with E-state index in [4.69, 9.17) is 4.74 Å². The molecule has 0 aliphatic carbocycles. The number of halogens is 1. The van der Waals surface area contributed by atoms with Crippen molar-refractivity contribution in [2.75, 3.05) is 18.5 Å². The van der Waals surface area contributed by atoms with Gasteiger partial charge >= 0.3 is 0 Å². The SMILES string of the molecule is Cc1sc2cc(OCCCCNc3ccncn3)ccc2c1-c1ccc(Br)cc1. The number of nitrogens with one attached hydrogen (secondary N) is 1. The van der Waals surface area contributed by atoms with Crippen LogP contribution in [0, 0.1) is 6.92 Å². The first-order valence-corrected chi connectivity index (χ1v) is 11.2. The lowest BCUT2D eigenvalue weighted by molar-refractivity contribution is 0.309. The van der Waals surface area contributed by atoms with E-state index in [0.717, 1.165) is 35.4 Å². The van der Waals surface area contributed by atoms with Gasteiger partial charge in [-0.25, -0.2) is 9.97 Å². The van der Waals surface area contributed by atoms with E-state index in [1.165, 1.54) is 26.1 Å². The molecule has 2 heterocycles. The second kappa shape index (κ2) is 9.37. The first-order chi connectivity index (χ1) is 14.2. The summed E-state index contributed by atoms with van der Waals surface area (Å²) in [5, 5.41) is 4.58. The number of anilines is 1. The van der Waals surface area contributed by atoms with Crippen LogP contribution in [-0.4, -0.2) is 23.1 Å². The van der Waals surface area contributed by atoms with Crippen molar-refractivity contribution >= 4 is 43.2 Å². The second-order valence-corrected chi connectivity index (χ2v) is 8.95. The third kappa shape index (κ3) is 4.95. The monoisotopic (exact) mass is 467 g/mol. The molecule has 0 saturated carbocycles. The molecule has 0 aliphatic rings. The zero-order chi connectivity index (χ0) is 20.1. The summed E-state index contributed by atoms with van der Waals surface area (Å²) < 4.78 is 8.35. The molecule has 148 valence electrons. The number of benzene rings is 2. The van der Waals surface area contributed by atoms with E-state index in [1.807, 2.05) is 17.4 Å². The van der Waals surface area contributed by atoms with Crippen molar-refractivity contribution in [1.29, 1.82) is 0 Å². The molecular weight excluding hydrogens is 446 g/mol. The van der Waals surface area contributed by atoms with Gasteiger partial charge in [-0.2, -0.15) is 0 Å². The summed E-state index contributed by atoms with van der Waals surface area (Å²) in [7, 11) is 0. The highest BCUT2D eigenvalue weighted by molar-refractivity contribution is 9.10. The number of aryl methyl sites for hydroxylation is 1. The smallest absolute Gasteiger partial charge is 0.129 e. The summed E-state index contributed by atoms with van der Waals surface area (Å²) in [4.78, 5) is 9.40. The van der Waals surface area contributed by atoms with Gasteiger partial charge in [-0.05, 0) is 61.7 Å². The molecule has 4 aromatic rings. The van der Waals surface area contributed by atoms with Gasteiger partial charge in [-0.1, -0.05) is 28.1 Å². The van der Waals surface area contributed by atoms with Gasteiger partial charge in [0.25, 0.3) is 0 Å². The van der Waals surface area contributed by atoms with E-state index < -0.39 is 0 Å². The third-order valence-corrected chi connectivity index (χ3v) is 6.29. The molecule has 0 atom stereocenters. The Bertz CT molecular complexity index is 1080. The maximum absolute atomic E-state index is 5.98. The predicted molar refractivity (Wildman–Crippen MR) is 125 cm³/mol. The van der Waals surface area contributed by atoms with E-state index in [1.54, 1.807) is 12.5 Å². The van der Waals surface area contributed by atoms with Gasteiger partial charge in [-0.15, -0.1) is 11.3 Å². The molecule has 4 nitrogen and oxygen atoms in total. The van der Waals surface area contributed by atoms with E-state index >= 15 is 0 Å². The van der Waals surface area contributed by atoms with Gasteiger partial charge in [0, 0.05) is 37.7 Å². The minimum absolute atomic E-state index is 0.709. The average Bonchev–Trinajstić information content (AvgIpc) is 3.07. The number of hydrogen-bond donors (Lipinski definition) is 1. The summed E-state index contributed by atoms with van der Waals surface area (Å²) in [5.41, 5.74) is 2.57. The number of fused-ring (bicyclic) bond motifs is 1. The fourth-order valence-electron chi connectivity index (χ4n) is 3.29. The summed E-state index contributed by atoms with van der Waals surface area (Å²) in [5.74, 6) is 1.80. The molecule has 0 radical (unpaired) electrons. The fourth-order valence-corrected chi connectivity index (χ4v) is 4.67. The van der Waals surface area contributed by atoms with Gasteiger partial charge in [0.15, 0.2) is 0 Å². The third-order valence-electron chi connectivity index (χ3n) is 4.70. The average molecular weight is 468 g/mol. The summed E-state index contributed by atoms with van der Waals surface area (Å²) in [6.45, 7) is 3.77. The largest absolute Gasteiger partial charge is 0.494 e. The standard InChI is InChI=1S/C23H22BrN3OS/c1-16-23(17-4-6-18(24)7-5-17)20-9-8-19(14-21(20)29-16)28-13-3-2-11-26-22-10-12-25-15-27-22/h4-10,12,14-15H,2-3,11,13H2,1H3,(H,25,26,27). The first-order valence-electron chi connectivity index (χ1n) is 9.62. The topological polar surface area (TPSA) is 47.0 Å². The van der Waals surface area contributed by atoms with Crippen molar-refractivity contribution in [2.45, 2.75) is 19.8 Å². The highest BCUT2D eigenvalue weighted by Crippen LogP contribution is 2.40. The number of hydrogen-bond acceptors (Lipinski definition) is 5. The van der Waals surface area contributed by atoms with Crippen LogP contribution in [0.1, 0.15) is 17.7 Å². The van der Waals surface area contributed by atoms with Crippen LogP contribution < -0.4 is 10.1 Å². The summed E-state index contributed by atoms with van der Waals surface area (Å²) in [6.07, 6.45) is 5.31. The Hall–Kier alpha value is -2.44. The Morgan fingerprint density at radius 1 is 1.07 bits per heavy atom. The van der Waals surface area contributed by atoms with Gasteiger partial charge in [-0.3, -0.25) is 0 Å². The quantitative estimate of drug-likeness (QED) is 0.292. The zero-order valence-electron chi connectivity index (χ0n) is 16.2. The lowest BCUT2D eigenvalue weighted by Crippen LogP contribution is -2.05. The number of rotatable bonds is 8. The van der Waals surface area contributed by atoms with E-state index in [-0.39, 0.29) is 0 Å². The molecule has 0 aliphatic heterocycles. The van der Waals surface area contributed by atoms with Gasteiger partial charge in [0.05, 0.1) is 6.61 Å². The number of nitrogens with zero attached hydrogens (tertiary/aromatic N) is 2. The maximum atomic E-state index is 5.98. The Kier molecular flexibility index (Phi) is 6.42. The first kappa shape index (κ1) is 19.9. The molecule has 0 saturated heterocycles. The predicted octanol–water partition coefficient (Wildman–Crippen LogP) is 6.70.